The molecule has 0 unspecified atom stereocenters. The van der Waals surface area contributed by atoms with Gasteiger partial charge in [-0.25, -0.2) is 0 Å². The van der Waals surface area contributed by atoms with Crippen LogP contribution in [0.4, 0.5) is 0 Å². The summed E-state index contributed by atoms with van der Waals surface area (Å²) in [4.78, 5) is 0. The molecule has 92 valence electrons. The standard InChI is InChI=1S/C13H13N3O2/c1-17-11-3-4-13(18-2)12(7-11)10-8-15-16(9-10)6-5-14/h3-4,7-9H,6H2,1-2H3. The largest absolute Gasteiger partial charge is 0.497 e. The van der Waals surface area contributed by atoms with E-state index in [0.29, 0.717) is 0 Å². The van der Waals surface area contributed by atoms with Gasteiger partial charge in [0, 0.05) is 17.3 Å². The van der Waals surface area contributed by atoms with Crippen LogP contribution in [0.15, 0.2) is 30.6 Å². The molecule has 0 atom stereocenters. The SMILES string of the molecule is COc1ccc(OC)c(-c2cnn(CC#N)c2)c1. The Morgan fingerprint density at radius 1 is 1.33 bits per heavy atom. The summed E-state index contributed by atoms with van der Waals surface area (Å²) in [5, 5.41) is 12.7. The summed E-state index contributed by atoms with van der Waals surface area (Å²) in [5.74, 6) is 1.49. The fraction of sp³-hybridized carbons (Fsp3) is 0.231. The van der Waals surface area contributed by atoms with Gasteiger partial charge in [0.2, 0.25) is 0 Å². The van der Waals surface area contributed by atoms with Crippen LogP contribution in [0.3, 0.4) is 0 Å². The van der Waals surface area contributed by atoms with Gasteiger partial charge in [0.1, 0.15) is 18.0 Å². The average molecular weight is 243 g/mol. The monoisotopic (exact) mass is 243 g/mol. The van der Waals surface area contributed by atoms with Crippen molar-refractivity contribution >= 4 is 0 Å². The van der Waals surface area contributed by atoms with Gasteiger partial charge in [-0.2, -0.15) is 10.4 Å². The summed E-state index contributed by atoms with van der Waals surface area (Å²) in [6.45, 7) is 0.228. The Morgan fingerprint density at radius 3 is 2.83 bits per heavy atom. The lowest BCUT2D eigenvalue weighted by atomic mass is 10.1. The number of aromatic nitrogens is 2. The maximum atomic E-state index is 8.63. The molecule has 0 amide bonds. The predicted molar refractivity (Wildman–Crippen MR) is 66.4 cm³/mol. The number of nitrogens with zero attached hydrogens (tertiary/aromatic N) is 3. The van der Waals surface area contributed by atoms with Crippen LogP contribution in [-0.2, 0) is 6.54 Å². The Hall–Kier alpha value is -2.48. The fourth-order valence-electron chi connectivity index (χ4n) is 1.70. The third-order valence-electron chi connectivity index (χ3n) is 2.58. The van der Waals surface area contributed by atoms with Crippen molar-refractivity contribution < 1.29 is 9.47 Å². The zero-order valence-corrected chi connectivity index (χ0v) is 10.3. The lowest BCUT2D eigenvalue weighted by molar-refractivity contribution is 0.404. The number of ether oxygens (including phenoxy) is 2. The molecule has 1 aromatic heterocycles. The molecular weight excluding hydrogens is 230 g/mol. The molecule has 0 N–H and O–H groups in total. The topological polar surface area (TPSA) is 60.1 Å². The highest BCUT2D eigenvalue weighted by molar-refractivity contribution is 5.71. The van der Waals surface area contributed by atoms with Crippen LogP contribution in [0.5, 0.6) is 11.5 Å². The zero-order valence-electron chi connectivity index (χ0n) is 10.3. The summed E-state index contributed by atoms with van der Waals surface area (Å²) < 4.78 is 12.1. The first-order valence-corrected chi connectivity index (χ1v) is 5.40. The molecule has 1 aromatic carbocycles. The third kappa shape index (κ3) is 2.28. The molecule has 0 bridgehead atoms. The molecule has 2 rings (SSSR count). The van der Waals surface area contributed by atoms with Crippen LogP contribution < -0.4 is 9.47 Å². The first-order chi connectivity index (χ1) is 8.78. The third-order valence-corrected chi connectivity index (χ3v) is 2.58. The molecule has 0 saturated heterocycles. The Kier molecular flexibility index (Phi) is 3.49. The second kappa shape index (κ2) is 5.23. The van der Waals surface area contributed by atoms with E-state index in [9.17, 15) is 0 Å². The minimum absolute atomic E-state index is 0.228. The number of methoxy groups -OCH3 is 2. The van der Waals surface area contributed by atoms with Crippen LogP contribution in [0.25, 0.3) is 11.1 Å². The summed E-state index contributed by atoms with van der Waals surface area (Å²) in [6, 6.07) is 7.60. The van der Waals surface area contributed by atoms with E-state index in [1.54, 1.807) is 31.3 Å². The minimum Gasteiger partial charge on any atom is -0.497 e. The first kappa shape index (κ1) is 12.0. The van der Waals surface area contributed by atoms with E-state index in [1.165, 1.54) is 0 Å². The van der Waals surface area contributed by atoms with Crippen LogP contribution in [-0.4, -0.2) is 24.0 Å². The van der Waals surface area contributed by atoms with E-state index in [4.69, 9.17) is 14.7 Å². The van der Waals surface area contributed by atoms with Gasteiger partial charge in [-0.05, 0) is 18.2 Å². The van der Waals surface area contributed by atoms with Gasteiger partial charge in [-0.1, -0.05) is 0 Å². The van der Waals surface area contributed by atoms with Crippen molar-refractivity contribution in [1.29, 1.82) is 5.26 Å². The summed E-state index contributed by atoms with van der Waals surface area (Å²) in [6.07, 6.45) is 3.51. The van der Waals surface area contributed by atoms with Crippen molar-refractivity contribution in [3.05, 3.63) is 30.6 Å². The number of rotatable bonds is 4. The maximum absolute atomic E-state index is 8.63. The van der Waals surface area contributed by atoms with Crippen LogP contribution >= 0.6 is 0 Å². The van der Waals surface area contributed by atoms with Crippen molar-refractivity contribution in [3.8, 4) is 28.7 Å². The van der Waals surface area contributed by atoms with Crippen molar-refractivity contribution in [2.24, 2.45) is 0 Å². The predicted octanol–water partition coefficient (Wildman–Crippen LogP) is 2.09. The van der Waals surface area contributed by atoms with E-state index in [2.05, 4.69) is 5.10 Å². The second-order valence-corrected chi connectivity index (χ2v) is 3.65. The van der Waals surface area contributed by atoms with E-state index < -0.39 is 0 Å². The quantitative estimate of drug-likeness (QED) is 0.825. The highest BCUT2D eigenvalue weighted by Gasteiger charge is 2.09. The minimum atomic E-state index is 0.228. The van der Waals surface area contributed by atoms with Crippen molar-refractivity contribution in [2.75, 3.05) is 14.2 Å². The Morgan fingerprint density at radius 2 is 2.17 bits per heavy atom. The molecule has 0 saturated carbocycles. The molecule has 0 aliphatic heterocycles. The van der Waals surface area contributed by atoms with Crippen LogP contribution in [0.1, 0.15) is 0 Å². The molecule has 0 spiro atoms. The number of benzene rings is 1. The van der Waals surface area contributed by atoms with Gasteiger partial charge in [0.15, 0.2) is 0 Å². The van der Waals surface area contributed by atoms with Crippen LogP contribution in [0, 0.1) is 11.3 Å². The smallest absolute Gasteiger partial charge is 0.128 e. The summed E-state index contributed by atoms with van der Waals surface area (Å²) in [7, 11) is 3.23. The molecule has 0 aliphatic carbocycles. The molecule has 18 heavy (non-hydrogen) atoms. The first-order valence-electron chi connectivity index (χ1n) is 5.40. The van der Waals surface area contributed by atoms with Gasteiger partial charge < -0.3 is 9.47 Å². The van der Waals surface area contributed by atoms with Crippen molar-refractivity contribution in [3.63, 3.8) is 0 Å². The lowest BCUT2D eigenvalue weighted by Gasteiger charge is -2.08. The second-order valence-electron chi connectivity index (χ2n) is 3.65. The van der Waals surface area contributed by atoms with Gasteiger partial charge in [0.05, 0.1) is 26.5 Å². The molecular formula is C13H13N3O2. The molecule has 5 heteroatoms. The maximum Gasteiger partial charge on any atom is 0.128 e. The molecule has 0 aliphatic rings. The molecule has 0 radical (unpaired) electrons. The number of hydrogen-bond donors (Lipinski definition) is 0. The Labute approximate surface area is 105 Å². The average Bonchev–Trinajstić information content (AvgIpc) is 2.87. The van der Waals surface area contributed by atoms with E-state index in [0.717, 1.165) is 22.6 Å². The van der Waals surface area contributed by atoms with Gasteiger partial charge >= 0.3 is 0 Å². The number of nitriles is 1. The number of hydrogen-bond acceptors (Lipinski definition) is 4. The van der Waals surface area contributed by atoms with E-state index >= 15 is 0 Å². The highest BCUT2D eigenvalue weighted by atomic mass is 16.5. The molecule has 1 heterocycles. The summed E-state index contributed by atoms with van der Waals surface area (Å²) in [5.41, 5.74) is 1.78. The van der Waals surface area contributed by atoms with Crippen LogP contribution in [0.2, 0.25) is 0 Å². The summed E-state index contributed by atoms with van der Waals surface area (Å²) >= 11 is 0. The normalized spacial score (nSPS) is 9.83. The Bertz CT molecular complexity index is 584. The van der Waals surface area contributed by atoms with Gasteiger partial charge in [-0.15, -0.1) is 0 Å². The van der Waals surface area contributed by atoms with E-state index in [1.807, 2.05) is 24.3 Å². The van der Waals surface area contributed by atoms with Gasteiger partial charge in [-0.3, -0.25) is 4.68 Å². The zero-order chi connectivity index (χ0) is 13.0. The lowest BCUT2D eigenvalue weighted by Crippen LogP contribution is -1.94. The Balaban J connectivity index is 2.44. The molecule has 0 fully saturated rings. The van der Waals surface area contributed by atoms with Gasteiger partial charge in [0.25, 0.3) is 0 Å². The molecule has 5 nitrogen and oxygen atoms in total. The van der Waals surface area contributed by atoms with E-state index in [-0.39, 0.29) is 6.54 Å². The highest BCUT2D eigenvalue weighted by Crippen LogP contribution is 2.32. The van der Waals surface area contributed by atoms with Crippen molar-refractivity contribution in [1.82, 2.24) is 9.78 Å². The fourth-order valence-corrected chi connectivity index (χ4v) is 1.70. The van der Waals surface area contributed by atoms with Crippen molar-refractivity contribution in [2.45, 2.75) is 6.54 Å². The molecule has 2 aromatic rings.